The Balaban J connectivity index is 1.64. The first kappa shape index (κ1) is 14.0. The molecule has 2 heterocycles. The maximum atomic E-state index is 11.9. The molecule has 0 aliphatic rings. The SMILES string of the molecule is Cc1ccccc1/C=C/C(=O)NCc1nnc2ccccn12. The number of rotatable bonds is 4. The molecule has 0 aliphatic heterocycles. The third-order valence-corrected chi connectivity index (χ3v) is 3.41. The first-order valence-electron chi connectivity index (χ1n) is 7.04. The molecule has 1 N–H and O–H groups in total. The van der Waals surface area contributed by atoms with Crippen LogP contribution in [0.4, 0.5) is 0 Å². The molecule has 0 spiro atoms. The van der Waals surface area contributed by atoms with Crippen LogP contribution in [-0.2, 0) is 11.3 Å². The van der Waals surface area contributed by atoms with Gasteiger partial charge in [0.05, 0.1) is 6.54 Å². The summed E-state index contributed by atoms with van der Waals surface area (Å²) in [5, 5.41) is 10.9. The smallest absolute Gasteiger partial charge is 0.244 e. The summed E-state index contributed by atoms with van der Waals surface area (Å²) < 4.78 is 1.85. The minimum atomic E-state index is -0.157. The van der Waals surface area contributed by atoms with E-state index in [1.165, 1.54) is 6.08 Å². The zero-order valence-electron chi connectivity index (χ0n) is 12.2. The van der Waals surface area contributed by atoms with E-state index in [4.69, 9.17) is 0 Å². The van der Waals surface area contributed by atoms with Crippen LogP contribution in [0.3, 0.4) is 0 Å². The van der Waals surface area contributed by atoms with Crippen molar-refractivity contribution < 1.29 is 4.79 Å². The van der Waals surface area contributed by atoms with Crippen LogP contribution < -0.4 is 5.32 Å². The highest BCUT2D eigenvalue weighted by atomic mass is 16.1. The van der Waals surface area contributed by atoms with Crippen molar-refractivity contribution in [1.82, 2.24) is 19.9 Å². The van der Waals surface area contributed by atoms with Gasteiger partial charge in [0, 0.05) is 12.3 Å². The summed E-state index contributed by atoms with van der Waals surface area (Å²) in [4.78, 5) is 11.9. The van der Waals surface area contributed by atoms with Crippen molar-refractivity contribution in [2.24, 2.45) is 0 Å². The van der Waals surface area contributed by atoms with Crippen LogP contribution in [-0.4, -0.2) is 20.5 Å². The number of aryl methyl sites for hydroxylation is 1. The van der Waals surface area contributed by atoms with E-state index in [1.807, 2.05) is 66.1 Å². The van der Waals surface area contributed by atoms with E-state index in [1.54, 1.807) is 0 Å². The third-order valence-electron chi connectivity index (χ3n) is 3.41. The summed E-state index contributed by atoms with van der Waals surface area (Å²) in [5.41, 5.74) is 2.93. The molecule has 0 saturated heterocycles. The molecule has 0 fully saturated rings. The van der Waals surface area contributed by atoms with Gasteiger partial charge < -0.3 is 5.32 Å². The maximum absolute atomic E-state index is 11.9. The molecule has 0 aliphatic carbocycles. The lowest BCUT2D eigenvalue weighted by Crippen LogP contribution is -2.21. The van der Waals surface area contributed by atoms with Crippen LogP contribution in [0.15, 0.2) is 54.7 Å². The van der Waals surface area contributed by atoms with Crippen LogP contribution in [0.2, 0.25) is 0 Å². The fraction of sp³-hybridized carbons (Fsp3) is 0.118. The highest BCUT2D eigenvalue weighted by molar-refractivity contribution is 5.91. The van der Waals surface area contributed by atoms with Gasteiger partial charge in [-0.2, -0.15) is 0 Å². The second-order valence-electron chi connectivity index (χ2n) is 4.95. The molecular formula is C17H16N4O. The number of benzene rings is 1. The summed E-state index contributed by atoms with van der Waals surface area (Å²) in [6, 6.07) is 13.6. The molecule has 0 atom stereocenters. The summed E-state index contributed by atoms with van der Waals surface area (Å²) in [7, 11) is 0. The molecule has 5 nitrogen and oxygen atoms in total. The monoisotopic (exact) mass is 292 g/mol. The topological polar surface area (TPSA) is 59.3 Å². The van der Waals surface area contributed by atoms with Crippen molar-refractivity contribution in [2.45, 2.75) is 13.5 Å². The first-order valence-corrected chi connectivity index (χ1v) is 7.04. The van der Waals surface area contributed by atoms with Gasteiger partial charge in [0.2, 0.25) is 5.91 Å². The Morgan fingerprint density at radius 3 is 2.86 bits per heavy atom. The Morgan fingerprint density at radius 1 is 1.18 bits per heavy atom. The van der Waals surface area contributed by atoms with Crippen molar-refractivity contribution in [2.75, 3.05) is 0 Å². The van der Waals surface area contributed by atoms with E-state index in [-0.39, 0.29) is 5.91 Å². The van der Waals surface area contributed by atoms with Gasteiger partial charge in [0.15, 0.2) is 11.5 Å². The summed E-state index contributed by atoms with van der Waals surface area (Å²) >= 11 is 0. The number of hydrogen-bond acceptors (Lipinski definition) is 3. The van der Waals surface area contributed by atoms with Gasteiger partial charge in [0.1, 0.15) is 0 Å². The molecule has 0 radical (unpaired) electrons. The van der Waals surface area contributed by atoms with Gasteiger partial charge >= 0.3 is 0 Å². The molecule has 5 heteroatoms. The zero-order valence-corrected chi connectivity index (χ0v) is 12.2. The van der Waals surface area contributed by atoms with Gasteiger partial charge in [-0.25, -0.2) is 0 Å². The molecule has 110 valence electrons. The predicted molar refractivity (Wildman–Crippen MR) is 85.0 cm³/mol. The summed E-state index contributed by atoms with van der Waals surface area (Å²) in [6.07, 6.45) is 5.22. The number of amides is 1. The first-order chi connectivity index (χ1) is 10.7. The fourth-order valence-electron chi connectivity index (χ4n) is 2.18. The summed E-state index contributed by atoms with van der Waals surface area (Å²) in [6.45, 7) is 2.35. The summed E-state index contributed by atoms with van der Waals surface area (Å²) in [5.74, 6) is 0.546. The van der Waals surface area contributed by atoms with E-state index < -0.39 is 0 Å². The van der Waals surface area contributed by atoms with Crippen molar-refractivity contribution in [3.8, 4) is 0 Å². The van der Waals surface area contributed by atoms with Gasteiger partial charge in [-0.15, -0.1) is 10.2 Å². The lowest BCUT2D eigenvalue weighted by atomic mass is 10.1. The number of aromatic nitrogens is 3. The minimum Gasteiger partial charge on any atom is -0.345 e. The molecular weight excluding hydrogens is 276 g/mol. The van der Waals surface area contributed by atoms with E-state index in [0.717, 1.165) is 16.8 Å². The number of carbonyl (C=O) groups excluding carboxylic acids is 1. The fourth-order valence-corrected chi connectivity index (χ4v) is 2.18. The second kappa shape index (κ2) is 6.22. The molecule has 0 saturated carbocycles. The quantitative estimate of drug-likeness (QED) is 0.751. The predicted octanol–water partition coefficient (Wildman–Crippen LogP) is 2.37. The van der Waals surface area contributed by atoms with Crippen LogP contribution in [0.5, 0.6) is 0 Å². The van der Waals surface area contributed by atoms with E-state index >= 15 is 0 Å². The molecule has 3 aromatic rings. The molecule has 3 rings (SSSR count). The molecule has 22 heavy (non-hydrogen) atoms. The van der Waals surface area contributed by atoms with E-state index in [0.29, 0.717) is 12.4 Å². The second-order valence-corrected chi connectivity index (χ2v) is 4.95. The van der Waals surface area contributed by atoms with Crippen LogP contribution >= 0.6 is 0 Å². The number of nitrogens with one attached hydrogen (secondary N) is 1. The lowest BCUT2D eigenvalue weighted by molar-refractivity contribution is -0.116. The van der Waals surface area contributed by atoms with Gasteiger partial charge in [-0.1, -0.05) is 30.3 Å². The average Bonchev–Trinajstić information content (AvgIpc) is 2.95. The molecule has 1 aromatic carbocycles. The molecule has 2 aromatic heterocycles. The van der Waals surface area contributed by atoms with Crippen molar-refractivity contribution in [3.05, 3.63) is 71.7 Å². The van der Waals surface area contributed by atoms with Crippen LogP contribution in [0, 0.1) is 6.92 Å². The number of fused-ring (bicyclic) bond motifs is 1. The number of pyridine rings is 1. The Kier molecular flexibility index (Phi) is 3.96. The maximum Gasteiger partial charge on any atom is 0.244 e. The standard InChI is InChI=1S/C17H16N4O/c1-13-6-2-3-7-14(13)9-10-17(22)18-12-16-20-19-15-8-4-5-11-21(15)16/h2-11H,12H2,1H3,(H,18,22)/b10-9+. The van der Waals surface area contributed by atoms with Gasteiger partial charge in [0.25, 0.3) is 0 Å². The Bertz CT molecular complexity index is 835. The highest BCUT2D eigenvalue weighted by Crippen LogP contribution is 2.08. The Labute approximate surface area is 128 Å². The Morgan fingerprint density at radius 2 is 2.00 bits per heavy atom. The highest BCUT2D eigenvalue weighted by Gasteiger charge is 2.05. The molecule has 0 bridgehead atoms. The zero-order chi connectivity index (χ0) is 15.4. The van der Waals surface area contributed by atoms with Crippen molar-refractivity contribution in [1.29, 1.82) is 0 Å². The third kappa shape index (κ3) is 3.03. The largest absolute Gasteiger partial charge is 0.345 e. The van der Waals surface area contributed by atoms with Gasteiger partial charge in [-0.3, -0.25) is 9.20 Å². The normalized spacial score (nSPS) is 11.1. The number of nitrogens with zero attached hydrogens (tertiary/aromatic N) is 3. The van der Waals surface area contributed by atoms with E-state index in [2.05, 4.69) is 15.5 Å². The van der Waals surface area contributed by atoms with Gasteiger partial charge in [-0.05, 0) is 36.3 Å². The molecule has 1 amide bonds. The van der Waals surface area contributed by atoms with Crippen molar-refractivity contribution in [3.63, 3.8) is 0 Å². The average molecular weight is 292 g/mol. The number of carbonyl (C=O) groups is 1. The minimum absolute atomic E-state index is 0.157. The van der Waals surface area contributed by atoms with Crippen LogP contribution in [0.25, 0.3) is 11.7 Å². The van der Waals surface area contributed by atoms with Crippen molar-refractivity contribution >= 4 is 17.6 Å². The van der Waals surface area contributed by atoms with Crippen LogP contribution in [0.1, 0.15) is 17.0 Å². The number of hydrogen-bond donors (Lipinski definition) is 1. The lowest BCUT2D eigenvalue weighted by Gasteiger charge is -2.01. The van der Waals surface area contributed by atoms with E-state index in [9.17, 15) is 4.79 Å². The molecule has 0 unspecified atom stereocenters. The Hall–Kier alpha value is -2.95.